The molecule has 1 N–H and O–H groups in total. The van der Waals surface area contributed by atoms with Crippen LogP contribution in [0.4, 0.5) is 5.82 Å². The quantitative estimate of drug-likeness (QED) is 0.619. The van der Waals surface area contributed by atoms with Gasteiger partial charge in [-0.3, -0.25) is 9.69 Å². The van der Waals surface area contributed by atoms with Crippen molar-refractivity contribution in [1.82, 2.24) is 9.47 Å². The van der Waals surface area contributed by atoms with Crippen molar-refractivity contribution in [1.29, 1.82) is 5.26 Å². The zero-order valence-corrected chi connectivity index (χ0v) is 17.5. The molecule has 0 aliphatic rings. The summed E-state index contributed by atoms with van der Waals surface area (Å²) in [4.78, 5) is 15.6. The molecular formula is C20H21ClN4O2S. The lowest BCUT2D eigenvalue weighted by atomic mass is 10.2. The number of carbonyl (C=O) groups is 1. The minimum absolute atomic E-state index is 0.181. The number of amides is 1. The zero-order chi connectivity index (χ0) is 20.3. The summed E-state index contributed by atoms with van der Waals surface area (Å²) in [6, 6.07) is 9.70. The lowest BCUT2D eigenvalue weighted by molar-refractivity contribution is -0.117. The van der Waals surface area contributed by atoms with Crippen molar-refractivity contribution in [3.05, 3.63) is 62.3 Å². The van der Waals surface area contributed by atoms with E-state index in [9.17, 15) is 10.1 Å². The molecule has 0 unspecified atom stereocenters. The highest BCUT2D eigenvalue weighted by Gasteiger charge is 2.21. The van der Waals surface area contributed by atoms with E-state index < -0.39 is 0 Å². The molecule has 0 atom stereocenters. The Morgan fingerprint density at radius 2 is 2.18 bits per heavy atom. The van der Waals surface area contributed by atoms with Gasteiger partial charge in [-0.15, -0.1) is 11.3 Å². The molecule has 3 rings (SSSR count). The molecule has 0 saturated heterocycles. The molecule has 0 aliphatic heterocycles. The normalized spacial score (nSPS) is 11.0. The van der Waals surface area contributed by atoms with Crippen molar-refractivity contribution in [2.24, 2.45) is 0 Å². The molecule has 6 nitrogen and oxygen atoms in total. The van der Waals surface area contributed by atoms with E-state index >= 15 is 0 Å². The van der Waals surface area contributed by atoms with Gasteiger partial charge in [-0.1, -0.05) is 11.6 Å². The highest BCUT2D eigenvalue weighted by Crippen LogP contribution is 2.27. The molecule has 0 saturated carbocycles. The number of carbonyl (C=O) groups excluding carboxylic acids is 1. The van der Waals surface area contributed by atoms with E-state index in [-0.39, 0.29) is 12.5 Å². The van der Waals surface area contributed by atoms with Crippen LogP contribution >= 0.6 is 22.9 Å². The maximum atomic E-state index is 12.6. The van der Waals surface area contributed by atoms with Crippen molar-refractivity contribution in [3.8, 4) is 6.07 Å². The second-order valence-electron chi connectivity index (χ2n) is 6.64. The van der Waals surface area contributed by atoms with Crippen molar-refractivity contribution < 1.29 is 9.21 Å². The first kappa shape index (κ1) is 20.2. The molecule has 146 valence electrons. The van der Waals surface area contributed by atoms with Crippen LogP contribution in [0.2, 0.25) is 4.34 Å². The molecule has 0 bridgehead atoms. The number of hydrogen-bond donors (Lipinski definition) is 1. The molecule has 3 aromatic rings. The summed E-state index contributed by atoms with van der Waals surface area (Å²) in [5.74, 6) is 1.08. The van der Waals surface area contributed by atoms with E-state index in [0.29, 0.717) is 24.5 Å². The first-order valence-corrected chi connectivity index (χ1v) is 9.93. The Morgan fingerprint density at radius 3 is 2.79 bits per heavy atom. The largest absolute Gasteiger partial charge is 0.467 e. The fourth-order valence-corrected chi connectivity index (χ4v) is 4.23. The van der Waals surface area contributed by atoms with E-state index in [4.69, 9.17) is 16.0 Å². The average molecular weight is 417 g/mol. The van der Waals surface area contributed by atoms with Gasteiger partial charge < -0.3 is 14.3 Å². The predicted molar refractivity (Wildman–Crippen MR) is 111 cm³/mol. The number of nitrogens with one attached hydrogen (secondary N) is 1. The van der Waals surface area contributed by atoms with Gasteiger partial charge in [-0.25, -0.2) is 0 Å². The number of nitrogens with zero attached hydrogens (tertiary/aromatic N) is 3. The lowest BCUT2D eigenvalue weighted by Gasteiger charge is -2.17. The van der Waals surface area contributed by atoms with Crippen molar-refractivity contribution in [3.63, 3.8) is 0 Å². The van der Waals surface area contributed by atoms with Crippen molar-refractivity contribution >= 4 is 34.7 Å². The SMILES string of the molecule is Cc1c(C#N)c(NC(=O)CN(C)Cc2ccc(Cl)s2)n(Cc2ccco2)c1C. The fraction of sp³-hybridized carbons (Fsp3) is 0.300. The Bertz CT molecular complexity index is 1010. The van der Waals surface area contributed by atoms with Gasteiger partial charge in [0, 0.05) is 17.1 Å². The summed E-state index contributed by atoms with van der Waals surface area (Å²) >= 11 is 7.46. The molecule has 0 spiro atoms. The van der Waals surface area contributed by atoms with Crippen molar-refractivity contribution in [2.75, 3.05) is 18.9 Å². The number of thiophene rings is 1. The maximum Gasteiger partial charge on any atom is 0.239 e. The van der Waals surface area contributed by atoms with Gasteiger partial charge in [-0.2, -0.15) is 5.26 Å². The second kappa shape index (κ2) is 8.65. The second-order valence-corrected chi connectivity index (χ2v) is 8.44. The van der Waals surface area contributed by atoms with Gasteiger partial charge >= 0.3 is 0 Å². The van der Waals surface area contributed by atoms with E-state index in [1.54, 1.807) is 6.26 Å². The third-order valence-electron chi connectivity index (χ3n) is 4.56. The Morgan fingerprint density at radius 1 is 1.39 bits per heavy atom. The van der Waals surface area contributed by atoms with E-state index in [1.165, 1.54) is 11.3 Å². The van der Waals surface area contributed by atoms with E-state index in [2.05, 4.69) is 11.4 Å². The summed E-state index contributed by atoms with van der Waals surface area (Å²) in [7, 11) is 1.87. The van der Waals surface area contributed by atoms with Crippen LogP contribution in [0.15, 0.2) is 34.9 Å². The monoisotopic (exact) mass is 416 g/mol. The summed E-state index contributed by atoms with van der Waals surface area (Å²) in [5.41, 5.74) is 2.25. The summed E-state index contributed by atoms with van der Waals surface area (Å²) < 4.78 is 8.07. The van der Waals surface area contributed by atoms with Gasteiger partial charge in [0.25, 0.3) is 0 Å². The van der Waals surface area contributed by atoms with Gasteiger partial charge in [-0.05, 0) is 50.7 Å². The minimum atomic E-state index is -0.181. The van der Waals surface area contributed by atoms with Crippen LogP contribution in [-0.2, 0) is 17.9 Å². The maximum absolute atomic E-state index is 12.6. The minimum Gasteiger partial charge on any atom is -0.467 e. The molecule has 3 aromatic heterocycles. The van der Waals surface area contributed by atoms with Crippen LogP contribution in [0.1, 0.15) is 27.5 Å². The number of rotatable bonds is 7. The van der Waals surface area contributed by atoms with E-state index in [0.717, 1.165) is 26.2 Å². The summed E-state index contributed by atoms with van der Waals surface area (Å²) in [6.07, 6.45) is 1.61. The van der Waals surface area contributed by atoms with Gasteiger partial charge in [0.05, 0.1) is 29.3 Å². The van der Waals surface area contributed by atoms with Crippen molar-refractivity contribution in [2.45, 2.75) is 26.9 Å². The van der Waals surface area contributed by atoms with Crippen LogP contribution in [0, 0.1) is 25.2 Å². The Labute approximate surface area is 172 Å². The number of halogens is 1. The predicted octanol–water partition coefficient (Wildman–Crippen LogP) is 4.40. The molecule has 0 radical (unpaired) electrons. The number of furan rings is 1. The van der Waals surface area contributed by atoms with Crippen LogP contribution < -0.4 is 5.32 Å². The zero-order valence-electron chi connectivity index (χ0n) is 16.0. The number of nitriles is 1. The van der Waals surface area contributed by atoms with Crippen LogP contribution in [0.5, 0.6) is 0 Å². The number of likely N-dealkylation sites (N-methyl/N-ethyl adjacent to an activating group) is 1. The van der Waals surface area contributed by atoms with Crippen LogP contribution in [-0.4, -0.2) is 29.0 Å². The standard InChI is InChI=1S/C20H21ClN4O2S/c1-13-14(2)25(10-15-5-4-8-27-15)20(17(13)9-22)23-19(26)12-24(3)11-16-6-7-18(21)28-16/h4-8H,10-12H2,1-3H3,(H,23,26). The first-order chi connectivity index (χ1) is 13.4. The number of aromatic nitrogens is 1. The molecule has 28 heavy (non-hydrogen) atoms. The first-order valence-electron chi connectivity index (χ1n) is 8.73. The van der Waals surface area contributed by atoms with Gasteiger partial charge in [0.1, 0.15) is 17.6 Å². The van der Waals surface area contributed by atoms with Gasteiger partial charge in [0.2, 0.25) is 5.91 Å². The summed E-state index contributed by atoms with van der Waals surface area (Å²) in [5, 5.41) is 12.5. The Hall–Kier alpha value is -2.53. The fourth-order valence-electron chi connectivity index (χ4n) is 3.06. The van der Waals surface area contributed by atoms with Gasteiger partial charge in [0.15, 0.2) is 0 Å². The van der Waals surface area contributed by atoms with E-state index in [1.807, 2.05) is 54.6 Å². The summed E-state index contributed by atoms with van der Waals surface area (Å²) in [6.45, 7) is 5.09. The number of anilines is 1. The average Bonchev–Trinajstić information content (AvgIpc) is 3.34. The Kier molecular flexibility index (Phi) is 6.25. The highest BCUT2D eigenvalue weighted by atomic mass is 35.5. The third kappa shape index (κ3) is 4.47. The molecule has 8 heteroatoms. The smallest absolute Gasteiger partial charge is 0.239 e. The van der Waals surface area contributed by atoms with Crippen LogP contribution in [0.3, 0.4) is 0 Å². The third-order valence-corrected chi connectivity index (χ3v) is 5.78. The topological polar surface area (TPSA) is 74.2 Å². The van der Waals surface area contributed by atoms with Crippen LogP contribution in [0.25, 0.3) is 0 Å². The molecule has 0 aromatic carbocycles. The highest BCUT2D eigenvalue weighted by molar-refractivity contribution is 7.16. The number of hydrogen-bond acceptors (Lipinski definition) is 5. The lowest BCUT2D eigenvalue weighted by Crippen LogP contribution is -2.30. The molecule has 0 fully saturated rings. The molecule has 3 heterocycles. The molecule has 0 aliphatic carbocycles. The molecule has 1 amide bonds. The Balaban J connectivity index is 1.75. The molecular weight excluding hydrogens is 396 g/mol.